The molecule has 0 aliphatic rings. The summed E-state index contributed by atoms with van der Waals surface area (Å²) in [7, 11) is 1.86. The fourth-order valence-electron chi connectivity index (χ4n) is 2.05. The molecule has 0 atom stereocenters. The molecule has 21 heavy (non-hydrogen) atoms. The molecule has 0 unspecified atom stereocenters. The molecule has 3 aromatic rings. The van der Waals surface area contributed by atoms with Crippen molar-refractivity contribution in [3.63, 3.8) is 0 Å². The molecule has 0 N–H and O–H groups in total. The van der Waals surface area contributed by atoms with Gasteiger partial charge in [-0.05, 0) is 12.5 Å². The third kappa shape index (κ3) is 2.64. The second-order valence-electron chi connectivity index (χ2n) is 4.73. The van der Waals surface area contributed by atoms with Crippen molar-refractivity contribution in [3.05, 3.63) is 52.5 Å². The van der Waals surface area contributed by atoms with Crippen LogP contribution in [0.1, 0.15) is 5.56 Å². The molecule has 0 radical (unpaired) electrons. The quantitative estimate of drug-likeness (QED) is 0.666. The summed E-state index contributed by atoms with van der Waals surface area (Å²) >= 11 is 12.6. The van der Waals surface area contributed by atoms with E-state index < -0.39 is 0 Å². The third-order valence-electron chi connectivity index (χ3n) is 3.18. The number of rotatable bonds is 2. The molecule has 3 rings (SSSR count). The van der Waals surface area contributed by atoms with Crippen molar-refractivity contribution in [3.8, 4) is 22.8 Å². The van der Waals surface area contributed by atoms with Crippen LogP contribution < -0.4 is 0 Å². The molecule has 4 nitrogen and oxygen atoms in total. The van der Waals surface area contributed by atoms with Gasteiger partial charge in [0.25, 0.3) is 0 Å². The second kappa shape index (κ2) is 5.47. The number of hydrogen-bond acceptors (Lipinski definition) is 3. The molecule has 2 heterocycles. The van der Waals surface area contributed by atoms with Crippen LogP contribution >= 0.6 is 23.2 Å². The summed E-state index contributed by atoms with van der Waals surface area (Å²) < 4.78 is 1.81. The van der Waals surface area contributed by atoms with Gasteiger partial charge in [-0.2, -0.15) is 0 Å². The minimum atomic E-state index is 0.317. The lowest BCUT2D eigenvalue weighted by Crippen LogP contribution is -1.99. The standard InChI is InChI=1S/C15H12Cl2N4/c1-9-3-5-10(6-4-9)11-12(16)19-14(20-13(11)17)15-18-7-8-21(15)2/h3-8H,1-2H3. The molecule has 6 heteroatoms. The Morgan fingerprint density at radius 2 is 1.62 bits per heavy atom. The fraction of sp³-hybridized carbons (Fsp3) is 0.133. The Balaban J connectivity index is 2.13. The van der Waals surface area contributed by atoms with Gasteiger partial charge in [0.15, 0.2) is 11.6 Å². The lowest BCUT2D eigenvalue weighted by Gasteiger charge is -2.09. The van der Waals surface area contributed by atoms with Gasteiger partial charge in [-0.15, -0.1) is 0 Å². The van der Waals surface area contributed by atoms with Gasteiger partial charge in [-0.1, -0.05) is 53.0 Å². The number of halogens is 2. The Labute approximate surface area is 132 Å². The monoisotopic (exact) mass is 318 g/mol. The van der Waals surface area contributed by atoms with Crippen LogP contribution in [0, 0.1) is 6.92 Å². The van der Waals surface area contributed by atoms with Crippen molar-refractivity contribution in [1.82, 2.24) is 19.5 Å². The largest absolute Gasteiger partial charge is 0.331 e. The maximum Gasteiger partial charge on any atom is 0.198 e. The first-order valence-corrected chi connectivity index (χ1v) is 7.09. The zero-order chi connectivity index (χ0) is 15.0. The molecular weight excluding hydrogens is 307 g/mol. The van der Waals surface area contributed by atoms with E-state index in [4.69, 9.17) is 23.2 Å². The second-order valence-corrected chi connectivity index (χ2v) is 5.45. The molecule has 0 saturated heterocycles. The van der Waals surface area contributed by atoms with Crippen LogP contribution in [0.25, 0.3) is 22.8 Å². The summed E-state index contributed by atoms with van der Waals surface area (Å²) in [5.41, 5.74) is 2.69. The maximum atomic E-state index is 6.31. The van der Waals surface area contributed by atoms with E-state index in [1.165, 1.54) is 0 Å². The summed E-state index contributed by atoms with van der Waals surface area (Å²) in [6.45, 7) is 2.02. The summed E-state index contributed by atoms with van der Waals surface area (Å²) in [6, 6.07) is 7.89. The van der Waals surface area contributed by atoms with Crippen molar-refractivity contribution in [2.75, 3.05) is 0 Å². The van der Waals surface area contributed by atoms with Gasteiger partial charge in [0, 0.05) is 19.4 Å². The molecular formula is C15H12Cl2N4. The first-order valence-electron chi connectivity index (χ1n) is 6.34. The van der Waals surface area contributed by atoms with Crippen LogP contribution in [0.2, 0.25) is 10.3 Å². The lowest BCUT2D eigenvalue weighted by molar-refractivity contribution is 0.906. The zero-order valence-corrected chi connectivity index (χ0v) is 13.0. The van der Waals surface area contributed by atoms with Crippen molar-refractivity contribution in [2.24, 2.45) is 7.05 Å². The lowest BCUT2D eigenvalue weighted by atomic mass is 10.1. The molecule has 1 aromatic carbocycles. The number of aryl methyl sites for hydroxylation is 2. The van der Waals surface area contributed by atoms with Crippen LogP contribution in [0.4, 0.5) is 0 Å². The molecule has 0 saturated carbocycles. The Bertz CT molecular complexity index is 771. The van der Waals surface area contributed by atoms with Crippen LogP contribution in [0.15, 0.2) is 36.7 Å². The maximum absolute atomic E-state index is 6.31. The third-order valence-corrected chi connectivity index (χ3v) is 3.73. The molecule has 0 bridgehead atoms. The van der Waals surface area contributed by atoms with Gasteiger partial charge in [0.05, 0.1) is 5.56 Å². The van der Waals surface area contributed by atoms with Crippen molar-refractivity contribution >= 4 is 23.2 Å². The van der Waals surface area contributed by atoms with E-state index in [1.54, 1.807) is 6.20 Å². The van der Waals surface area contributed by atoms with Crippen molar-refractivity contribution in [1.29, 1.82) is 0 Å². The van der Waals surface area contributed by atoms with E-state index in [0.717, 1.165) is 11.1 Å². The van der Waals surface area contributed by atoms with E-state index in [1.807, 2.05) is 49.0 Å². The first kappa shape index (κ1) is 14.0. The van der Waals surface area contributed by atoms with E-state index >= 15 is 0 Å². The Kier molecular flexibility index (Phi) is 3.66. The highest BCUT2D eigenvalue weighted by atomic mass is 35.5. The van der Waals surface area contributed by atoms with E-state index in [0.29, 0.717) is 27.5 Å². The zero-order valence-electron chi connectivity index (χ0n) is 11.5. The Morgan fingerprint density at radius 1 is 1.00 bits per heavy atom. The Hall–Kier alpha value is -1.91. The van der Waals surface area contributed by atoms with E-state index in [-0.39, 0.29) is 0 Å². The van der Waals surface area contributed by atoms with Gasteiger partial charge < -0.3 is 4.57 Å². The van der Waals surface area contributed by atoms with Gasteiger partial charge >= 0.3 is 0 Å². The summed E-state index contributed by atoms with van der Waals surface area (Å²) in [6.07, 6.45) is 3.49. The van der Waals surface area contributed by atoms with Gasteiger partial charge in [-0.25, -0.2) is 15.0 Å². The highest BCUT2D eigenvalue weighted by molar-refractivity contribution is 6.37. The van der Waals surface area contributed by atoms with Crippen LogP contribution in [0.5, 0.6) is 0 Å². The highest BCUT2D eigenvalue weighted by Gasteiger charge is 2.16. The molecule has 2 aromatic heterocycles. The minimum absolute atomic E-state index is 0.317. The molecule has 0 amide bonds. The molecule has 106 valence electrons. The highest BCUT2D eigenvalue weighted by Crippen LogP contribution is 2.33. The Morgan fingerprint density at radius 3 is 2.14 bits per heavy atom. The number of hydrogen-bond donors (Lipinski definition) is 0. The smallest absolute Gasteiger partial charge is 0.198 e. The number of nitrogens with zero attached hydrogens (tertiary/aromatic N) is 4. The predicted octanol–water partition coefficient (Wildman–Crippen LogP) is 4.16. The van der Waals surface area contributed by atoms with Crippen molar-refractivity contribution < 1.29 is 0 Å². The summed E-state index contributed by atoms with van der Waals surface area (Å²) in [4.78, 5) is 12.8. The predicted molar refractivity (Wildman–Crippen MR) is 84.4 cm³/mol. The first-order chi connectivity index (χ1) is 10.1. The SMILES string of the molecule is Cc1ccc(-c2c(Cl)nc(-c3nccn3C)nc2Cl)cc1. The molecule has 0 aliphatic heterocycles. The van der Waals surface area contributed by atoms with Gasteiger partial charge in [0.1, 0.15) is 10.3 Å². The van der Waals surface area contributed by atoms with Crippen LogP contribution in [-0.2, 0) is 7.05 Å². The van der Waals surface area contributed by atoms with Crippen LogP contribution in [0.3, 0.4) is 0 Å². The van der Waals surface area contributed by atoms with Crippen molar-refractivity contribution in [2.45, 2.75) is 6.92 Å². The van der Waals surface area contributed by atoms with E-state index in [9.17, 15) is 0 Å². The normalized spacial score (nSPS) is 10.9. The van der Waals surface area contributed by atoms with Gasteiger partial charge in [-0.3, -0.25) is 0 Å². The number of benzene rings is 1. The molecule has 0 fully saturated rings. The van der Waals surface area contributed by atoms with E-state index in [2.05, 4.69) is 15.0 Å². The fourth-order valence-corrected chi connectivity index (χ4v) is 2.65. The number of aromatic nitrogens is 4. The molecule has 0 aliphatic carbocycles. The number of imidazole rings is 1. The minimum Gasteiger partial charge on any atom is -0.331 e. The summed E-state index contributed by atoms with van der Waals surface area (Å²) in [5.74, 6) is 1.03. The van der Waals surface area contributed by atoms with Gasteiger partial charge in [0.2, 0.25) is 0 Å². The summed E-state index contributed by atoms with van der Waals surface area (Å²) in [5, 5.41) is 0.633. The van der Waals surface area contributed by atoms with Crippen LogP contribution in [-0.4, -0.2) is 19.5 Å². The average molecular weight is 319 g/mol. The topological polar surface area (TPSA) is 43.6 Å². The average Bonchev–Trinajstić information content (AvgIpc) is 2.86. The molecule has 0 spiro atoms.